The van der Waals surface area contributed by atoms with E-state index in [1.165, 1.54) is 23.1 Å². The van der Waals surface area contributed by atoms with Crippen LogP contribution in [0.25, 0.3) is 0 Å². The fourth-order valence-corrected chi connectivity index (χ4v) is 2.17. The largest absolute Gasteiger partial charge is 0.481 e. The maximum absolute atomic E-state index is 12.9. The van der Waals surface area contributed by atoms with Crippen molar-refractivity contribution in [3.8, 4) is 0 Å². The molecule has 0 bridgehead atoms. The highest BCUT2D eigenvalue weighted by Crippen LogP contribution is 2.24. The molecule has 1 fully saturated rings. The first-order chi connectivity index (χ1) is 8.47. The van der Waals surface area contributed by atoms with Crippen molar-refractivity contribution in [2.24, 2.45) is 5.92 Å². The lowest BCUT2D eigenvalue weighted by Gasteiger charge is -2.16. The third-order valence-electron chi connectivity index (χ3n) is 2.94. The zero-order valence-corrected chi connectivity index (χ0v) is 10.2. The molecule has 0 radical (unpaired) electrons. The Morgan fingerprint density at radius 1 is 1.56 bits per heavy atom. The molecule has 18 heavy (non-hydrogen) atoms. The number of rotatable bonds is 3. The Hall–Kier alpha value is -1.62. The molecule has 1 N–H and O–H groups in total. The van der Waals surface area contributed by atoms with Crippen LogP contribution in [-0.2, 0) is 16.1 Å². The second-order valence-electron chi connectivity index (χ2n) is 4.25. The molecule has 1 aromatic carbocycles. The van der Waals surface area contributed by atoms with E-state index in [2.05, 4.69) is 0 Å². The zero-order valence-electron chi connectivity index (χ0n) is 9.40. The van der Waals surface area contributed by atoms with Gasteiger partial charge in [0.15, 0.2) is 0 Å². The van der Waals surface area contributed by atoms with E-state index in [9.17, 15) is 14.0 Å². The Bertz CT molecular complexity index is 506. The lowest BCUT2D eigenvalue weighted by atomic mass is 10.1. The molecule has 0 aliphatic carbocycles. The number of aliphatic carboxylic acids is 1. The minimum absolute atomic E-state index is 0.00808. The van der Waals surface area contributed by atoms with Crippen molar-refractivity contribution in [1.82, 2.24) is 4.90 Å². The number of carboxylic acids is 1. The maximum Gasteiger partial charge on any atom is 0.308 e. The minimum Gasteiger partial charge on any atom is -0.481 e. The SMILES string of the molecule is O=C(O)[C@@H]1CC(=O)N(Cc2ccc(F)cc2Cl)C1. The monoisotopic (exact) mass is 271 g/mol. The number of carbonyl (C=O) groups excluding carboxylic acids is 1. The van der Waals surface area contributed by atoms with Crippen molar-refractivity contribution in [1.29, 1.82) is 0 Å². The predicted octanol–water partition coefficient (Wildman–Crippen LogP) is 1.91. The van der Waals surface area contributed by atoms with Crippen molar-refractivity contribution in [3.63, 3.8) is 0 Å². The molecule has 0 unspecified atom stereocenters. The first kappa shape index (κ1) is 12.8. The summed E-state index contributed by atoms with van der Waals surface area (Å²) in [6, 6.07) is 3.93. The molecule has 1 aromatic rings. The third kappa shape index (κ3) is 2.61. The molecule has 1 aliphatic rings. The summed E-state index contributed by atoms with van der Waals surface area (Å²) in [6.45, 7) is 0.379. The minimum atomic E-state index is -0.976. The first-order valence-corrected chi connectivity index (χ1v) is 5.79. The average molecular weight is 272 g/mol. The standard InChI is InChI=1S/C12H11ClFNO3/c13-10-4-9(14)2-1-7(10)5-15-6-8(12(17)18)3-11(15)16/h1-2,4,8H,3,5-6H2,(H,17,18)/t8-/m1/s1. The second-order valence-corrected chi connectivity index (χ2v) is 4.66. The quantitative estimate of drug-likeness (QED) is 0.914. The van der Waals surface area contributed by atoms with Gasteiger partial charge in [-0.2, -0.15) is 0 Å². The van der Waals surface area contributed by atoms with Crippen molar-refractivity contribution < 1.29 is 19.1 Å². The van der Waals surface area contributed by atoms with Crippen LogP contribution in [0.5, 0.6) is 0 Å². The Morgan fingerprint density at radius 3 is 2.83 bits per heavy atom. The van der Waals surface area contributed by atoms with Crippen LogP contribution in [-0.4, -0.2) is 28.4 Å². The highest BCUT2D eigenvalue weighted by molar-refractivity contribution is 6.31. The van der Waals surface area contributed by atoms with E-state index < -0.39 is 17.7 Å². The molecule has 2 rings (SSSR count). The highest BCUT2D eigenvalue weighted by atomic mass is 35.5. The van der Waals surface area contributed by atoms with Gasteiger partial charge in [0.25, 0.3) is 0 Å². The van der Waals surface area contributed by atoms with Gasteiger partial charge in [-0.15, -0.1) is 0 Å². The fraction of sp³-hybridized carbons (Fsp3) is 0.333. The summed E-state index contributed by atoms with van der Waals surface area (Å²) < 4.78 is 12.9. The molecule has 1 aliphatic heterocycles. The van der Waals surface area contributed by atoms with E-state index >= 15 is 0 Å². The molecule has 96 valence electrons. The van der Waals surface area contributed by atoms with Crippen LogP contribution in [0.2, 0.25) is 5.02 Å². The number of halogens is 2. The average Bonchev–Trinajstić information content (AvgIpc) is 2.64. The van der Waals surface area contributed by atoms with Crippen LogP contribution >= 0.6 is 11.6 Å². The second kappa shape index (κ2) is 4.94. The smallest absolute Gasteiger partial charge is 0.308 e. The molecule has 4 nitrogen and oxygen atoms in total. The molecule has 0 spiro atoms. The number of nitrogens with zero attached hydrogens (tertiary/aromatic N) is 1. The molecule has 1 amide bonds. The summed E-state index contributed by atoms with van der Waals surface area (Å²) in [4.78, 5) is 23.8. The van der Waals surface area contributed by atoms with Gasteiger partial charge in [-0.3, -0.25) is 9.59 Å². The molecule has 1 saturated heterocycles. The number of benzene rings is 1. The fourth-order valence-electron chi connectivity index (χ4n) is 1.95. The van der Waals surface area contributed by atoms with Crippen molar-refractivity contribution >= 4 is 23.5 Å². The molecular weight excluding hydrogens is 261 g/mol. The molecule has 1 heterocycles. The Balaban J connectivity index is 2.10. The highest BCUT2D eigenvalue weighted by Gasteiger charge is 2.34. The molecule has 1 atom stereocenters. The van der Waals surface area contributed by atoms with Crippen molar-refractivity contribution in [2.75, 3.05) is 6.54 Å². The Kier molecular flexibility index (Phi) is 3.52. The summed E-state index contributed by atoms with van der Waals surface area (Å²) in [6.07, 6.45) is 0.00808. The first-order valence-electron chi connectivity index (χ1n) is 5.42. The molecule has 6 heteroatoms. The van der Waals surface area contributed by atoms with Crippen LogP contribution in [0.15, 0.2) is 18.2 Å². The van der Waals surface area contributed by atoms with Gasteiger partial charge in [-0.25, -0.2) is 4.39 Å². The number of amides is 1. The maximum atomic E-state index is 12.9. The Labute approximate surface area is 108 Å². The summed E-state index contributed by atoms with van der Waals surface area (Å²) >= 11 is 5.86. The van der Waals surface area contributed by atoms with Crippen LogP contribution in [0.4, 0.5) is 4.39 Å². The van der Waals surface area contributed by atoms with Gasteiger partial charge in [0.2, 0.25) is 5.91 Å². The normalized spacial score (nSPS) is 19.3. The predicted molar refractivity (Wildman–Crippen MR) is 62.6 cm³/mol. The van der Waals surface area contributed by atoms with Crippen LogP contribution < -0.4 is 0 Å². The van der Waals surface area contributed by atoms with E-state index in [1.54, 1.807) is 0 Å². The van der Waals surface area contributed by atoms with E-state index in [0.717, 1.165) is 0 Å². The number of hydrogen-bond acceptors (Lipinski definition) is 2. The van der Waals surface area contributed by atoms with Crippen LogP contribution in [0.1, 0.15) is 12.0 Å². The summed E-state index contributed by atoms with van der Waals surface area (Å²) in [5, 5.41) is 9.09. The number of carbonyl (C=O) groups is 2. The lowest BCUT2D eigenvalue weighted by Crippen LogP contribution is -2.25. The Morgan fingerprint density at radius 2 is 2.28 bits per heavy atom. The lowest BCUT2D eigenvalue weighted by molar-refractivity contribution is -0.141. The summed E-state index contributed by atoms with van der Waals surface area (Å²) in [5.41, 5.74) is 0.609. The van der Waals surface area contributed by atoms with Gasteiger partial charge in [-0.05, 0) is 17.7 Å². The molecule has 0 aromatic heterocycles. The summed E-state index contributed by atoms with van der Waals surface area (Å²) in [7, 11) is 0. The number of carboxylic acid groups (broad SMARTS) is 1. The van der Waals surface area contributed by atoms with Crippen molar-refractivity contribution in [3.05, 3.63) is 34.6 Å². The topological polar surface area (TPSA) is 57.6 Å². The van der Waals surface area contributed by atoms with Gasteiger partial charge in [0.1, 0.15) is 5.82 Å². The molecule has 0 saturated carbocycles. The number of hydrogen-bond donors (Lipinski definition) is 1. The van der Waals surface area contributed by atoms with Gasteiger partial charge < -0.3 is 10.0 Å². The van der Waals surface area contributed by atoms with E-state index in [4.69, 9.17) is 16.7 Å². The third-order valence-corrected chi connectivity index (χ3v) is 3.29. The number of likely N-dealkylation sites (tertiary alicyclic amines) is 1. The van der Waals surface area contributed by atoms with Crippen LogP contribution in [0, 0.1) is 11.7 Å². The summed E-state index contributed by atoms with van der Waals surface area (Å²) in [5.74, 6) is -2.31. The van der Waals surface area contributed by atoms with E-state index in [-0.39, 0.29) is 30.4 Å². The van der Waals surface area contributed by atoms with E-state index in [0.29, 0.717) is 5.56 Å². The zero-order chi connectivity index (χ0) is 13.3. The van der Waals surface area contributed by atoms with Gasteiger partial charge in [0.05, 0.1) is 5.92 Å². The van der Waals surface area contributed by atoms with Gasteiger partial charge in [0, 0.05) is 24.5 Å². The molecular formula is C12H11ClFNO3. The van der Waals surface area contributed by atoms with E-state index in [1.807, 2.05) is 0 Å². The van der Waals surface area contributed by atoms with Gasteiger partial charge in [-0.1, -0.05) is 17.7 Å². The van der Waals surface area contributed by atoms with Crippen LogP contribution in [0.3, 0.4) is 0 Å². The van der Waals surface area contributed by atoms with Crippen molar-refractivity contribution in [2.45, 2.75) is 13.0 Å². The van der Waals surface area contributed by atoms with Gasteiger partial charge >= 0.3 is 5.97 Å².